The summed E-state index contributed by atoms with van der Waals surface area (Å²) in [6.07, 6.45) is 6.41. The van der Waals surface area contributed by atoms with E-state index in [1.54, 1.807) is 0 Å². The van der Waals surface area contributed by atoms with Gasteiger partial charge in [0, 0.05) is 24.1 Å². The predicted molar refractivity (Wildman–Crippen MR) is 90.3 cm³/mol. The van der Waals surface area contributed by atoms with Gasteiger partial charge in [0.05, 0.1) is 16.8 Å². The molecule has 24 heavy (non-hydrogen) atoms. The minimum absolute atomic E-state index is 0.145. The maximum absolute atomic E-state index is 12.6. The first-order valence-corrected chi connectivity index (χ1v) is 9.48. The summed E-state index contributed by atoms with van der Waals surface area (Å²) < 4.78 is 3.83. The van der Waals surface area contributed by atoms with E-state index in [-0.39, 0.29) is 11.6 Å². The number of thioether (sulfide) groups is 1. The normalized spacial score (nSPS) is 17.5. The molecule has 6 nitrogen and oxygen atoms in total. The largest absolute Gasteiger partial charge is 0.294 e. The Hall–Kier alpha value is -2.15. The van der Waals surface area contributed by atoms with Crippen LogP contribution in [0.4, 0.5) is 0 Å². The van der Waals surface area contributed by atoms with Gasteiger partial charge < -0.3 is 0 Å². The Balaban J connectivity index is 2.01. The van der Waals surface area contributed by atoms with Crippen molar-refractivity contribution in [3.05, 3.63) is 28.6 Å². The molecule has 0 amide bonds. The Morgan fingerprint density at radius 1 is 1.04 bits per heavy atom. The molecule has 0 N–H and O–H groups in total. The van der Waals surface area contributed by atoms with Crippen LogP contribution >= 0.6 is 11.8 Å². The summed E-state index contributed by atoms with van der Waals surface area (Å²) in [5.41, 5.74) is 4.23. The van der Waals surface area contributed by atoms with Crippen LogP contribution in [-0.4, -0.2) is 36.8 Å². The van der Waals surface area contributed by atoms with Crippen molar-refractivity contribution in [1.29, 1.82) is 0 Å². The second-order valence-electron chi connectivity index (χ2n) is 6.41. The minimum Gasteiger partial charge on any atom is -0.294 e. The molecule has 0 unspecified atom stereocenters. The van der Waals surface area contributed by atoms with Crippen LogP contribution < -0.4 is 0 Å². The van der Waals surface area contributed by atoms with E-state index < -0.39 is 0 Å². The number of Topliss-reactive ketones (excluding diaryl/α,β-unsaturated/α-hetero) is 2. The zero-order chi connectivity index (χ0) is 16.4. The highest BCUT2D eigenvalue weighted by molar-refractivity contribution is 7.98. The Bertz CT molecular complexity index is 1050. The van der Waals surface area contributed by atoms with Gasteiger partial charge in [0.15, 0.2) is 11.6 Å². The second-order valence-corrected chi connectivity index (χ2v) is 7.18. The van der Waals surface area contributed by atoms with Gasteiger partial charge in [0.25, 0.3) is 0 Å². The standard InChI is InChI=1S/C17H16N4O2S/c1-24-16-18-17-20-10-4-2-6-13(22)9(10)8-12(20)15-11(21(17)19-16)5-3-7-14(15)23/h8H,2-7H2,1H3. The lowest BCUT2D eigenvalue weighted by molar-refractivity contribution is 0.0964. The van der Waals surface area contributed by atoms with Gasteiger partial charge in [-0.15, -0.1) is 5.10 Å². The van der Waals surface area contributed by atoms with Gasteiger partial charge in [-0.3, -0.25) is 14.0 Å². The SMILES string of the molecule is CSc1nc2n(n1)c1c(c3cc4c(n32)CCCC4=O)C(=O)CCC1. The summed E-state index contributed by atoms with van der Waals surface area (Å²) >= 11 is 1.49. The highest BCUT2D eigenvalue weighted by Gasteiger charge is 2.30. The van der Waals surface area contributed by atoms with Crippen LogP contribution in [0.3, 0.4) is 0 Å². The van der Waals surface area contributed by atoms with E-state index >= 15 is 0 Å². The van der Waals surface area contributed by atoms with E-state index in [0.717, 1.165) is 59.5 Å². The molecule has 0 bridgehead atoms. The highest BCUT2D eigenvalue weighted by Crippen LogP contribution is 2.33. The van der Waals surface area contributed by atoms with E-state index in [2.05, 4.69) is 10.1 Å². The molecule has 0 saturated heterocycles. The monoisotopic (exact) mass is 340 g/mol. The first kappa shape index (κ1) is 14.2. The van der Waals surface area contributed by atoms with Crippen LogP contribution in [0.25, 0.3) is 11.3 Å². The number of rotatable bonds is 1. The molecule has 2 aliphatic carbocycles. The lowest BCUT2D eigenvalue weighted by atomic mass is 9.94. The van der Waals surface area contributed by atoms with Crippen molar-refractivity contribution in [3.63, 3.8) is 0 Å². The van der Waals surface area contributed by atoms with Gasteiger partial charge in [-0.05, 0) is 38.0 Å². The van der Waals surface area contributed by atoms with Crippen LogP contribution in [0.1, 0.15) is 57.8 Å². The third-order valence-corrected chi connectivity index (χ3v) is 5.61. The first-order valence-electron chi connectivity index (χ1n) is 8.25. The van der Waals surface area contributed by atoms with Crippen molar-refractivity contribution in [3.8, 4) is 0 Å². The molecule has 3 heterocycles. The number of nitrogens with zero attached hydrogens (tertiary/aromatic N) is 4. The number of hydrogen-bond acceptors (Lipinski definition) is 5. The molecular formula is C17H16N4O2S. The lowest BCUT2D eigenvalue weighted by Gasteiger charge is -2.18. The Labute approximate surface area is 142 Å². The molecule has 0 radical (unpaired) electrons. The fraction of sp³-hybridized carbons (Fsp3) is 0.412. The van der Waals surface area contributed by atoms with Crippen LogP contribution in [0, 0.1) is 0 Å². The molecule has 5 rings (SSSR count). The van der Waals surface area contributed by atoms with Crippen molar-refractivity contribution >= 4 is 34.6 Å². The molecule has 0 aromatic carbocycles. The van der Waals surface area contributed by atoms with Crippen LogP contribution in [0.15, 0.2) is 11.2 Å². The molecule has 7 heteroatoms. The number of ketones is 2. The maximum atomic E-state index is 12.6. The fourth-order valence-electron chi connectivity index (χ4n) is 4.03. The van der Waals surface area contributed by atoms with Gasteiger partial charge in [0.1, 0.15) is 0 Å². The molecule has 0 saturated carbocycles. The Morgan fingerprint density at radius 3 is 2.58 bits per heavy atom. The predicted octanol–water partition coefficient (Wildman–Crippen LogP) is 2.74. The third kappa shape index (κ3) is 1.73. The van der Waals surface area contributed by atoms with E-state index in [1.165, 1.54) is 11.8 Å². The quantitative estimate of drug-likeness (QED) is 0.637. The molecule has 0 fully saturated rings. The molecule has 2 aliphatic rings. The fourth-order valence-corrected chi connectivity index (χ4v) is 4.37. The smallest absolute Gasteiger partial charge is 0.238 e. The summed E-state index contributed by atoms with van der Waals surface area (Å²) in [5.74, 6) is 1.03. The van der Waals surface area contributed by atoms with E-state index in [9.17, 15) is 9.59 Å². The Morgan fingerprint density at radius 2 is 1.79 bits per heavy atom. The summed E-state index contributed by atoms with van der Waals surface area (Å²) in [7, 11) is 0. The van der Waals surface area contributed by atoms with Gasteiger partial charge in [0.2, 0.25) is 10.9 Å². The zero-order valence-corrected chi connectivity index (χ0v) is 14.2. The molecular weight excluding hydrogens is 324 g/mol. The number of fused-ring (bicyclic) bond motifs is 8. The van der Waals surface area contributed by atoms with Gasteiger partial charge in [-0.1, -0.05) is 11.8 Å². The molecule has 0 spiro atoms. The molecule has 0 atom stereocenters. The summed E-state index contributed by atoms with van der Waals surface area (Å²) in [6.45, 7) is 0. The van der Waals surface area contributed by atoms with Crippen molar-refractivity contribution in [2.45, 2.75) is 43.7 Å². The van der Waals surface area contributed by atoms with Gasteiger partial charge >= 0.3 is 0 Å². The average Bonchev–Trinajstić information content (AvgIpc) is 3.17. The van der Waals surface area contributed by atoms with Gasteiger partial charge in [-0.2, -0.15) is 4.98 Å². The maximum Gasteiger partial charge on any atom is 0.238 e. The number of aromatic nitrogens is 4. The zero-order valence-electron chi connectivity index (χ0n) is 13.3. The van der Waals surface area contributed by atoms with Crippen LogP contribution in [0.2, 0.25) is 0 Å². The third-order valence-electron chi connectivity index (χ3n) is 5.07. The van der Waals surface area contributed by atoms with Crippen molar-refractivity contribution in [2.24, 2.45) is 0 Å². The van der Waals surface area contributed by atoms with E-state index in [0.29, 0.717) is 18.0 Å². The van der Waals surface area contributed by atoms with Gasteiger partial charge in [-0.25, -0.2) is 4.52 Å². The Kier molecular flexibility index (Phi) is 2.92. The minimum atomic E-state index is 0.145. The first-order chi connectivity index (χ1) is 11.7. The van der Waals surface area contributed by atoms with Crippen molar-refractivity contribution in [2.75, 3.05) is 6.26 Å². The topological polar surface area (TPSA) is 68.7 Å². The summed E-state index contributed by atoms with van der Waals surface area (Å²) in [6, 6.07) is 1.91. The number of aryl methyl sites for hydroxylation is 2. The van der Waals surface area contributed by atoms with Crippen LogP contribution in [0.5, 0.6) is 0 Å². The number of carbonyl (C=O) groups is 2. The lowest BCUT2D eigenvalue weighted by Crippen LogP contribution is -2.19. The summed E-state index contributed by atoms with van der Waals surface area (Å²) in [5, 5.41) is 5.27. The van der Waals surface area contributed by atoms with Crippen molar-refractivity contribution in [1.82, 2.24) is 19.0 Å². The van der Waals surface area contributed by atoms with E-state index in [4.69, 9.17) is 0 Å². The molecule has 3 aromatic rings. The summed E-state index contributed by atoms with van der Waals surface area (Å²) in [4.78, 5) is 29.7. The number of hydrogen-bond donors (Lipinski definition) is 0. The molecule has 0 aliphatic heterocycles. The molecule has 3 aromatic heterocycles. The van der Waals surface area contributed by atoms with E-state index in [1.807, 2.05) is 21.2 Å². The average molecular weight is 340 g/mol. The highest BCUT2D eigenvalue weighted by atomic mass is 32.2. The number of carbonyl (C=O) groups excluding carboxylic acids is 2. The van der Waals surface area contributed by atoms with Crippen molar-refractivity contribution < 1.29 is 9.59 Å². The molecule has 122 valence electrons. The second kappa shape index (κ2) is 4.92. The van der Waals surface area contributed by atoms with Crippen LogP contribution in [-0.2, 0) is 12.8 Å².